The summed E-state index contributed by atoms with van der Waals surface area (Å²) in [5.74, 6) is 1.68. The minimum absolute atomic E-state index is 0.379. The Hall–Kier alpha value is -1.87. The molecule has 0 saturated carbocycles. The second-order valence-corrected chi connectivity index (χ2v) is 3.86. The van der Waals surface area contributed by atoms with Gasteiger partial charge in [-0.2, -0.15) is 5.26 Å². The van der Waals surface area contributed by atoms with Gasteiger partial charge in [-0.1, -0.05) is 0 Å². The van der Waals surface area contributed by atoms with E-state index < -0.39 is 0 Å². The Bertz CT molecular complexity index is 442. The molecule has 1 aliphatic heterocycles. The third-order valence-electron chi connectivity index (χ3n) is 2.80. The maximum atomic E-state index is 8.88. The van der Waals surface area contributed by atoms with Gasteiger partial charge in [-0.25, -0.2) is 9.97 Å². The van der Waals surface area contributed by atoms with E-state index in [4.69, 9.17) is 10.00 Å². The van der Waals surface area contributed by atoms with Crippen LogP contribution in [0.25, 0.3) is 0 Å². The van der Waals surface area contributed by atoms with Crippen LogP contribution >= 0.6 is 0 Å². The summed E-state index contributed by atoms with van der Waals surface area (Å²) >= 11 is 0. The van der Waals surface area contributed by atoms with Gasteiger partial charge in [0.05, 0.1) is 19.2 Å². The third-order valence-corrected chi connectivity index (χ3v) is 2.80. The molecule has 0 radical (unpaired) electrons. The predicted octanol–water partition coefficient (Wildman–Crippen LogP) is 0.555. The van der Waals surface area contributed by atoms with Crippen LogP contribution in [0.5, 0.6) is 0 Å². The molecule has 1 fully saturated rings. The predicted molar refractivity (Wildman–Crippen MR) is 63.9 cm³/mol. The lowest BCUT2D eigenvalue weighted by Gasteiger charge is -2.31. The van der Waals surface area contributed by atoms with Crippen LogP contribution in [0.2, 0.25) is 0 Å². The summed E-state index contributed by atoms with van der Waals surface area (Å²) in [5.41, 5.74) is 0.994. The van der Waals surface area contributed by atoms with Crippen molar-refractivity contribution in [2.75, 3.05) is 37.0 Å². The SMILES string of the molecule is CNc1ncnc(N2CCOC(C#N)C2)c1C. The number of aromatic nitrogens is 2. The van der Waals surface area contributed by atoms with E-state index in [-0.39, 0.29) is 6.10 Å². The molecule has 0 aliphatic carbocycles. The first-order valence-corrected chi connectivity index (χ1v) is 5.51. The van der Waals surface area contributed by atoms with Crippen LogP contribution in [0, 0.1) is 18.3 Å². The highest BCUT2D eigenvalue weighted by Gasteiger charge is 2.22. The lowest BCUT2D eigenvalue weighted by molar-refractivity contribution is 0.0761. The molecule has 2 rings (SSSR count). The molecule has 0 amide bonds. The number of rotatable bonds is 2. The van der Waals surface area contributed by atoms with Crippen LogP contribution < -0.4 is 10.2 Å². The van der Waals surface area contributed by atoms with Crippen LogP contribution in [0.1, 0.15) is 5.56 Å². The molecular weight excluding hydrogens is 218 g/mol. The van der Waals surface area contributed by atoms with Crippen molar-refractivity contribution in [2.24, 2.45) is 0 Å². The van der Waals surface area contributed by atoms with Gasteiger partial charge in [-0.15, -0.1) is 0 Å². The normalized spacial score (nSPS) is 19.8. The van der Waals surface area contributed by atoms with E-state index in [0.717, 1.165) is 23.7 Å². The van der Waals surface area contributed by atoms with E-state index in [2.05, 4.69) is 26.3 Å². The Morgan fingerprint density at radius 2 is 2.41 bits per heavy atom. The van der Waals surface area contributed by atoms with Crippen LogP contribution in [0.15, 0.2) is 6.33 Å². The number of hydrogen-bond donors (Lipinski definition) is 1. The zero-order chi connectivity index (χ0) is 12.3. The average Bonchev–Trinajstić information content (AvgIpc) is 2.39. The van der Waals surface area contributed by atoms with E-state index in [1.54, 1.807) is 0 Å². The summed E-state index contributed by atoms with van der Waals surface area (Å²) in [6.07, 6.45) is 1.15. The van der Waals surface area contributed by atoms with Crippen molar-refractivity contribution in [3.8, 4) is 6.07 Å². The molecule has 1 saturated heterocycles. The van der Waals surface area contributed by atoms with Gasteiger partial charge in [0.25, 0.3) is 0 Å². The van der Waals surface area contributed by atoms with E-state index in [9.17, 15) is 0 Å². The zero-order valence-corrected chi connectivity index (χ0v) is 9.97. The van der Waals surface area contributed by atoms with Crippen LogP contribution in [0.3, 0.4) is 0 Å². The molecule has 1 aliphatic rings. The summed E-state index contributed by atoms with van der Waals surface area (Å²) in [6.45, 7) is 3.82. The third kappa shape index (κ3) is 2.29. The van der Waals surface area contributed by atoms with Crippen molar-refractivity contribution < 1.29 is 4.74 Å². The van der Waals surface area contributed by atoms with E-state index in [1.165, 1.54) is 6.33 Å². The molecule has 17 heavy (non-hydrogen) atoms. The molecule has 0 aromatic carbocycles. The fourth-order valence-corrected chi connectivity index (χ4v) is 1.93. The second kappa shape index (κ2) is 4.97. The molecule has 1 unspecified atom stereocenters. The summed E-state index contributed by atoms with van der Waals surface area (Å²) < 4.78 is 5.31. The molecule has 1 aromatic heterocycles. The highest BCUT2D eigenvalue weighted by Crippen LogP contribution is 2.23. The largest absolute Gasteiger partial charge is 0.373 e. The summed E-state index contributed by atoms with van der Waals surface area (Å²) in [7, 11) is 1.83. The second-order valence-electron chi connectivity index (χ2n) is 3.86. The standard InChI is InChI=1S/C11H15N5O/c1-8-10(13-2)14-7-15-11(8)16-3-4-17-9(5-12)6-16/h7,9H,3-4,6H2,1-2H3,(H,13,14,15). The summed E-state index contributed by atoms with van der Waals surface area (Å²) in [4.78, 5) is 10.5. The van der Waals surface area contributed by atoms with Gasteiger partial charge in [0, 0.05) is 19.2 Å². The minimum Gasteiger partial charge on any atom is -0.373 e. The minimum atomic E-state index is -0.379. The van der Waals surface area contributed by atoms with Crippen molar-refractivity contribution in [3.05, 3.63) is 11.9 Å². The number of nitrogens with one attached hydrogen (secondary N) is 1. The maximum Gasteiger partial charge on any atom is 0.161 e. The Morgan fingerprint density at radius 3 is 3.12 bits per heavy atom. The first kappa shape index (κ1) is 11.6. The Balaban J connectivity index is 2.25. The van der Waals surface area contributed by atoms with Crippen molar-refractivity contribution in [1.82, 2.24) is 9.97 Å². The molecule has 90 valence electrons. The Labute approximate surface area is 100 Å². The molecule has 2 heterocycles. The summed E-state index contributed by atoms with van der Waals surface area (Å²) in [5, 5.41) is 11.9. The van der Waals surface area contributed by atoms with Crippen LogP contribution in [0.4, 0.5) is 11.6 Å². The van der Waals surface area contributed by atoms with Crippen LogP contribution in [-0.2, 0) is 4.74 Å². The molecular formula is C11H15N5O. The van der Waals surface area contributed by atoms with E-state index >= 15 is 0 Å². The molecule has 6 nitrogen and oxygen atoms in total. The van der Waals surface area contributed by atoms with E-state index in [1.807, 2.05) is 14.0 Å². The van der Waals surface area contributed by atoms with Gasteiger partial charge < -0.3 is 15.0 Å². The van der Waals surface area contributed by atoms with Crippen molar-refractivity contribution >= 4 is 11.6 Å². The number of nitriles is 1. The lowest BCUT2D eigenvalue weighted by Crippen LogP contribution is -2.42. The number of hydrogen-bond acceptors (Lipinski definition) is 6. The number of anilines is 2. The smallest absolute Gasteiger partial charge is 0.161 e. The topological polar surface area (TPSA) is 74.1 Å². The van der Waals surface area contributed by atoms with Crippen molar-refractivity contribution in [3.63, 3.8) is 0 Å². The highest BCUT2D eigenvalue weighted by molar-refractivity contribution is 5.57. The first-order valence-electron chi connectivity index (χ1n) is 5.51. The van der Waals surface area contributed by atoms with Gasteiger partial charge in [0.1, 0.15) is 18.0 Å². The molecule has 1 atom stereocenters. The van der Waals surface area contributed by atoms with Crippen molar-refractivity contribution in [1.29, 1.82) is 5.26 Å². The first-order chi connectivity index (χ1) is 8.26. The van der Waals surface area contributed by atoms with Gasteiger partial charge in [0.15, 0.2) is 6.10 Å². The summed E-state index contributed by atoms with van der Waals surface area (Å²) in [6, 6.07) is 2.13. The quantitative estimate of drug-likeness (QED) is 0.804. The van der Waals surface area contributed by atoms with Gasteiger partial charge >= 0.3 is 0 Å². The van der Waals surface area contributed by atoms with Gasteiger partial charge in [-0.05, 0) is 6.92 Å². The van der Waals surface area contributed by atoms with E-state index in [0.29, 0.717) is 13.2 Å². The molecule has 0 spiro atoms. The monoisotopic (exact) mass is 233 g/mol. The molecule has 1 N–H and O–H groups in total. The Morgan fingerprint density at radius 1 is 1.59 bits per heavy atom. The number of morpholine rings is 1. The Kier molecular flexibility index (Phi) is 3.40. The fraction of sp³-hybridized carbons (Fsp3) is 0.545. The molecule has 6 heteroatoms. The molecule has 0 bridgehead atoms. The fourth-order valence-electron chi connectivity index (χ4n) is 1.93. The lowest BCUT2D eigenvalue weighted by atomic mass is 10.2. The zero-order valence-electron chi connectivity index (χ0n) is 9.97. The average molecular weight is 233 g/mol. The number of nitrogens with zero attached hydrogens (tertiary/aromatic N) is 4. The molecule has 1 aromatic rings. The maximum absolute atomic E-state index is 8.88. The van der Waals surface area contributed by atoms with Gasteiger partial charge in [-0.3, -0.25) is 0 Å². The highest BCUT2D eigenvalue weighted by atomic mass is 16.5. The van der Waals surface area contributed by atoms with Crippen molar-refractivity contribution in [2.45, 2.75) is 13.0 Å². The number of ether oxygens (including phenoxy) is 1. The van der Waals surface area contributed by atoms with Gasteiger partial charge in [0.2, 0.25) is 0 Å². The van der Waals surface area contributed by atoms with Crippen LogP contribution in [-0.4, -0.2) is 42.8 Å².